The smallest absolute Gasteiger partial charge is 0.124 e. The predicted molar refractivity (Wildman–Crippen MR) is 55.7 cm³/mol. The highest BCUT2D eigenvalue weighted by atomic mass is 15.3. The fraction of sp³-hybridized carbons (Fsp3) is 0.700. The predicted octanol–water partition coefficient (Wildman–Crippen LogP) is 2.27. The van der Waals surface area contributed by atoms with Crippen LogP contribution in [0.3, 0.4) is 0 Å². The van der Waals surface area contributed by atoms with Gasteiger partial charge in [0.1, 0.15) is 5.82 Å². The van der Waals surface area contributed by atoms with Crippen molar-refractivity contribution in [3.63, 3.8) is 0 Å². The molecule has 2 atom stereocenters. The maximum Gasteiger partial charge on any atom is 0.124 e. The van der Waals surface area contributed by atoms with Crippen LogP contribution in [0.2, 0.25) is 0 Å². The van der Waals surface area contributed by atoms with Crippen LogP contribution in [0.4, 0.5) is 5.82 Å². The van der Waals surface area contributed by atoms with E-state index in [1.165, 1.54) is 6.42 Å². The van der Waals surface area contributed by atoms with Crippen LogP contribution < -0.4 is 5.32 Å². The van der Waals surface area contributed by atoms with Gasteiger partial charge in [-0.2, -0.15) is 5.10 Å². The molecule has 13 heavy (non-hydrogen) atoms. The van der Waals surface area contributed by atoms with Crippen LogP contribution in [0.25, 0.3) is 0 Å². The first kappa shape index (κ1) is 10.1. The lowest BCUT2D eigenvalue weighted by Gasteiger charge is -2.20. The molecular weight excluding hydrogens is 162 g/mol. The Balaban J connectivity index is 2.54. The van der Waals surface area contributed by atoms with E-state index in [1.54, 1.807) is 0 Å². The molecule has 0 saturated heterocycles. The van der Waals surface area contributed by atoms with Crippen LogP contribution in [0, 0.1) is 5.92 Å². The second-order valence-electron chi connectivity index (χ2n) is 3.66. The molecule has 3 heteroatoms. The lowest BCUT2D eigenvalue weighted by molar-refractivity contribution is 0.491. The molecule has 1 rings (SSSR count). The summed E-state index contributed by atoms with van der Waals surface area (Å²) in [5, 5.41) is 7.55. The molecule has 0 spiro atoms. The quantitative estimate of drug-likeness (QED) is 0.772. The number of nitrogens with zero attached hydrogens (tertiary/aromatic N) is 2. The highest BCUT2D eigenvalue weighted by Gasteiger charge is 2.10. The SMILES string of the molecule is CCC(C)C(C)Nc1ccnn1C. The molecule has 0 aliphatic heterocycles. The van der Waals surface area contributed by atoms with Gasteiger partial charge in [-0.25, -0.2) is 0 Å². The molecular formula is C10H19N3. The van der Waals surface area contributed by atoms with E-state index in [0.29, 0.717) is 12.0 Å². The van der Waals surface area contributed by atoms with Crippen molar-refractivity contribution in [2.75, 3.05) is 5.32 Å². The Morgan fingerprint density at radius 2 is 2.23 bits per heavy atom. The van der Waals surface area contributed by atoms with Gasteiger partial charge in [-0.1, -0.05) is 20.3 Å². The van der Waals surface area contributed by atoms with Crippen LogP contribution in [0.15, 0.2) is 12.3 Å². The Bertz CT molecular complexity index is 254. The van der Waals surface area contributed by atoms with Crippen LogP contribution in [0.1, 0.15) is 27.2 Å². The molecule has 0 fully saturated rings. The van der Waals surface area contributed by atoms with Crippen LogP contribution >= 0.6 is 0 Å². The number of nitrogens with one attached hydrogen (secondary N) is 1. The fourth-order valence-electron chi connectivity index (χ4n) is 1.24. The lowest BCUT2D eigenvalue weighted by Crippen LogP contribution is -2.24. The summed E-state index contributed by atoms with van der Waals surface area (Å²) >= 11 is 0. The monoisotopic (exact) mass is 181 g/mol. The van der Waals surface area contributed by atoms with E-state index in [0.717, 1.165) is 5.82 Å². The molecule has 0 aliphatic carbocycles. The normalized spacial score (nSPS) is 15.4. The molecule has 0 aliphatic rings. The first-order valence-electron chi connectivity index (χ1n) is 4.89. The van der Waals surface area contributed by atoms with Gasteiger partial charge in [-0.3, -0.25) is 4.68 Å². The van der Waals surface area contributed by atoms with E-state index in [2.05, 4.69) is 31.2 Å². The highest BCUT2D eigenvalue weighted by Crippen LogP contribution is 2.13. The van der Waals surface area contributed by atoms with Crippen molar-refractivity contribution >= 4 is 5.82 Å². The molecule has 2 unspecified atom stereocenters. The summed E-state index contributed by atoms with van der Waals surface area (Å²) < 4.78 is 1.86. The zero-order chi connectivity index (χ0) is 9.84. The topological polar surface area (TPSA) is 29.9 Å². The summed E-state index contributed by atoms with van der Waals surface area (Å²) in [4.78, 5) is 0. The second kappa shape index (κ2) is 4.30. The molecule has 1 aromatic rings. The number of anilines is 1. The van der Waals surface area contributed by atoms with Gasteiger partial charge >= 0.3 is 0 Å². The Hall–Kier alpha value is -0.990. The van der Waals surface area contributed by atoms with Crippen molar-refractivity contribution in [2.45, 2.75) is 33.2 Å². The molecule has 74 valence electrons. The van der Waals surface area contributed by atoms with Crippen molar-refractivity contribution in [1.82, 2.24) is 9.78 Å². The Morgan fingerprint density at radius 3 is 2.69 bits per heavy atom. The molecule has 3 nitrogen and oxygen atoms in total. The Kier molecular flexibility index (Phi) is 3.34. The van der Waals surface area contributed by atoms with Gasteiger partial charge in [0, 0.05) is 19.2 Å². The average molecular weight is 181 g/mol. The third-order valence-corrected chi connectivity index (χ3v) is 2.69. The van der Waals surface area contributed by atoms with Crippen LogP contribution in [-0.4, -0.2) is 15.8 Å². The van der Waals surface area contributed by atoms with Crippen molar-refractivity contribution < 1.29 is 0 Å². The maximum absolute atomic E-state index is 4.11. The van der Waals surface area contributed by atoms with E-state index in [4.69, 9.17) is 0 Å². The van der Waals surface area contributed by atoms with Gasteiger partial charge in [-0.05, 0) is 12.8 Å². The number of hydrogen-bond donors (Lipinski definition) is 1. The van der Waals surface area contributed by atoms with E-state index in [1.807, 2.05) is 24.0 Å². The number of rotatable bonds is 4. The van der Waals surface area contributed by atoms with E-state index >= 15 is 0 Å². The van der Waals surface area contributed by atoms with E-state index in [9.17, 15) is 0 Å². The molecule has 0 aromatic carbocycles. The number of aryl methyl sites for hydroxylation is 1. The first-order valence-corrected chi connectivity index (χ1v) is 4.89. The summed E-state index contributed by atoms with van der Waals surface area (Å²) in [5.41, 5.74) is 0. The largest absolute Gasteiger partial charge is 0.368 e. The van der Waals surface area contributed by atoms with E-state index in [-0.39, 0.29) is 0 Å². The van der Waals surface area contributed by atoms with Crippen molar-refractivity contribution in [3.8, 4) is 0 Å². The molecule has 0 amide bonds. The zero-order valence-corrected chi connectivity index (χ0v) is 8.91. The van der Waals surface area contributed by atoms with Crippen molar-refractivity contribution in [2.24, 2.45) is 13.0 Å². The van der Waals surface area contributed by atoms with Crippen LogP contribution in [-0.2, 0) is 7.05 Å². The van der Waals surface area contributed by atoms with Crippen LogP contribution in [0.5, 0.6) is 0 Å². The summed E-state index contributed by atoms with van der Waals surface area (Å²) in [7, 11) is 1.95. The average Bonchev–Trinajstić information content (AvgIpc) is 2.50. The van der Waals surface area contributed by atoms with Gasteiger partial charge in [0.05, 0.1) is 6.20 Å². The molecule has 0 bridgehead atoms. The second-order valence-corrected chi connectivity index (χ2v) is 3.66. The van der Waals surface area contributed by atoms with Gasteiger partial charge in [0.2, 0.25) is 0 Å². The standard InChI is InChI=1S/C10H19N3/c1-5-8(2)9(3)12-10-6-7-11-13(10)4/h6-9,12H,5H2,1-4H3. The molecule has 1 heterocycles. The summed E-state index contributed by atoms with van der Waals surface area (Å²) in [5.74, 6) is 1.78. The summed E-state index contributed by atoms with van der Waals surface area (Å²) in [6.45, 7) is 6.68. The Labute approximate surface area is 80.1 Å². The first-order chi connectivity index (χ1) is 6.15. The van der Waals surface area contributed by atoms with Gasteiger partial charge in [-0.15, -0.1) is 0 Å². The minimum atomic E-state index is 0.500. The van der Waals surface area contributed by atoms with E-state index < -0.39 is 0 Å². The summed E-state index contributed by atoms with van der Waals surface area (Å²) in [6.07, 6.45) is 3.01. The third-order valence-electron chi connectivity index (χ3n) is 2.69. The molecule has 1 N–H and O–H groups in total. The molecule has 1 aromatic heterocycles. The van der Waals surface area contributed by atoms with Crippen molar-refractivity contribution in [1.29, 1.82) is 0 Å². The van der Waals surface area contributed by atoms with Gasteiger partial charge < -0.3 is 5.32 Å². The highest BCUT2D eigenvalue weighted by molar-refractivity contribution is 5.34. The Morgan fingerprint density at radius 1 is 1.54 bits per heavy atom. The van der Waals surface area contributed by atoms with Gasteiger partial charge in [0.15, 0.2) is 0 Å². The molecule has 0 saturated carbocycles. The third kappa shape index (κ3) is 2.47. The zero-order valence-electron chi connectivity index (χ0n) is 8.91. The minimum Gasteiger partial charge on any atom is -0.368 e. The number of hydrogen-bond acceptors (Lipinski definition) is 2. The van der Waals surface area contributed by atoms with Crippen molar-refractivity contribution in [3.05, 3.63) is 12.3 Å². The maximum atomic E-state index is 4.11. The fourth-order valence-corrected chi connectivity index (χ4v) is 1.24. The lowest BCUT2D eigenvalue weighted by atomic mass is 10.0. The number of aromatic nitrogens is 2. The van der Waals surface area contributed by atoms with Gasteiger partial charge in [0.25, 0.3) is 0 Å². The minimum absolute atomic E-state index is 0.500. The summed E-state index contributed by atoms with van der Waals surface area (Å²) in [6, 6.07) is 2.50. The molecule has 0 radical (unpaired) electrons.